The Balaban J connectivity index is 1.60. The molecule has 1 aromatic carbocycles. The normalized spacial score (nSPS) is 16.2. The minimum Gasteiger partial charge on any atom is -0.346 e. The molecule has 32 heavy (non-hydrogen) atoms. The highest BCUT2D eigenvalue weighted by Crippen LogP contribution is 2.14. The van der Waals surface area contributed by atoms with Crippen LogP contribution in [0.15, 0.2) is 24.3 Å². The SMILES string of the molecule is NCCCCCCCCCCC(=O)Cc1ccc(CC(=O)NC2CCC(=O)CC2=O)cc1. The van der Waals surface area contributed by atoms with Crippen LogP contribution < -0.4 is 11.1 Å². The third kappa shape index (κ3) is 10.3. The molecule has 1 aliphatic carbocycles. The van der Waals surface area contributed by atoms with Gasteiger partial charge in [0, 0.05) is 19.3 Å². The summed E-state index contributed by atoms with van der Waals surface area (Å²) in [5.41, 5.74) is 7.29. The lowest BCUT2D eigenvalue weighted by Gasteiger charge is -2.21. The third-order valence-corrected chi connectivity index (χ3v) is 6.01. The molecule has 0 radical (unpaired) electrons. The number of ketones is 3. The molecule has 1 fully saturated rings. The van der Waals surface area contributed by atoms with E-state index in [0.717, 1.165) is 36.9 Å². The van der Waals surface area contributed by atoms with E-state index in [1.165, 1.54) is 32.1 Å². The molecule has 1 saturated carbocycles. The average molecular weight is 443 g/mol. The molecule has 1 unspecified atom stereocenters. The summed E-state index contributed by atoms with van der Waals surface area (Å²) >= 11 is 0. The van der Waals surface area contributed by atoms with Crippen molar-refractivity contribution in [1.82, 2.24) is 5.32 Å². The highest BCUT2D eigenvalue weighted by Gasteiger charge is 2.28. The second kappa shape index (κ2) is 14.7. The predicted molar refractivity (Wildman–Crippen MR) is 125 cm³/mol. The van der Waals surface area contributed by atoms with E-state index in [-0.39, 0.29) is 36.1 Å². The topological polar surface area (TPSA) is 106 Å². The molecule has 0 saturated heterocycles. The summed E-state index contributed by atoms with van der Waals surface area (Å²) in [6.07, 6.45) is 11.2. The Morgan fingerprint density at radius 2 is 1.41 bits per heavy atom. The zero-order valence-electron chi connectivity index (χ0n) is 19.2. The Bertz CT molecular complexity index is 758. The number of nitrogens with one attached hydrogen (secondary N) is 1. The summed E-state index contributed by atoms with van der Waals surface area (Å²) < 4.78 is 0. The van der Waals surface area contributed by atoms with Crippen LogP contribution in [-0.2, 0) is 32.0 Å². The third-order valence-electron chi connectivity index (χ3n) is 6.01. The first-order valence-corrected chi connectivity index (χ1v) is 12.1. The minimum atomic E-state index is -0.548. The first-order valence-electron chi connectivity index (χ1n) is 12.1. The Morgan fingerprint density at radius 1 is 0.844 bits per heavy atom. The molecular formula is C26H38N2O4. The van der Waals surface area contributed by atoms with Crippen LogP contribution in [0.2, 0.25) is 0 Å². The van der Waals surface area contributed by atoms with Crippen molar-refractivity contribution in [3.05, 3.63) is 35.4 Å². The zero-order valence-corrected chi connectivity index (χ0v) is 19.2. The van der Waals surface area contributed by atoms with E-state index in [1.54, 1.807) is 0 Å². The van der Waals surface area contributed by atoms with E-state index in [4.69, 9.17) is 5.73 Å². The van der Waals surface area contributed by atoms with Crippen LogP contribution in [0.1, 0.15) is 88.2 Å². The number of nitrogens with two attached hydrogens (primary N) is 1. The van der Waals surface area contributed by atoms with E-state index in [9.17, 15) is 19.2 Å². The van der Waals surface area contributed by atoms with Gasteiger partial charge in [-0.1, -0.05) is 62.8 Å². The molecular weight excluding hydrogens is 404 g/mol. The standard InChI is InChI=1S/C26H38N2O4/c27-16-8-6-4-2-1-3-5-7-9-22(29)17-20-10-12-21(13-11-20)18-26(32)28-24-15-14-23(30)19-25(24)31/h10-13,24H,1-9,14-19,27H2,(H,28,32). The number of benzene rings is 1. The maximum Gasteiger partial charge on any atom is 0.224 e. The first-order chi connectivity index (χ1) is 15.5. The summed E-state index contributed by atoms with van der Waals surface area (Å²) in [6, 6.07) is 6.96. The van der Waals surface area contributed by atoms with Gasteiger partial charge in [0.2, 0.25) is 5.91 Å². The van der Waals surface area contributed by atoms with Crippen LogP contribution in [0.25, 0.3) is 0 Å². The summed E-state index contributed by atoms with van der Waals surface area (Å²) in [5, 5.41) is 2.73. The van der Waals surface area contributed by atoms with Crippen molar-refractivity contribution in [2.75, 3.05) is 6.54 Å². The molecule has 6 nitrogen and oxygen atoms in total. The van der Waals surface area contributed by atoms with Crippen LogP contribution in [0.5, 0.6) is 0 Å². The van der Waals surface area contributed by atoms with E-state index < -0.39 is 6.04 Å². The van der Waals surface area contributed by atoms with Crippen molar-refractivity contribution in [1.29, 1.82) is 0 Å². The zero-order chi connectivity index (χ0) is 23.2. The fraction of sp³-hybridized carbons (Fsp3) is 0.615. The maximum absolute atomic E-state index is 12.2. The molecule has 0 heterocycles. The number of carbonyl (C=O) groups excluding carboxylic acids is 4. The van der Waals surface area contributed by atoms with Gasteiger partial charge in [0.25, 0.3) is 0 Å². The van der Waals surface area contributed by atoms with E-state index >= 15 is 0 Å². The van der Waals surface area contributed by atoms with E-state index in [2.05, 4.69) is 5.32 Å². The molecule has 2 rings (SSSR count). The van der Waals surface area contributed by atoms with E-state index in [0.29, 0.717) is 25.7 Å². The number of Topliss-reactive ketones (excluding diaryl/α,β-unsaturated/α-hetero) is 3. The molecule has 1 atom stereocenters. The minimum absolute atomic E-state index is 0.0558. The van der Waals surface area contributed by atoms with Crippen molar-refractivity contribution in [3.63, 3.8) is 0 Å². The van der Waals surface area contributed by atoms with Gasteiger partial charge in [0.05, 0.1) is 18.9 Å². The molecule has 1 amide bonds. The maximum atomic E-state index is 12.2. The molecule has 1 aliphatic rings. The van der Waals surface area contributed by atoms with Gasteiger partial charge in [0.15, 0.2) is 5.78 Å². The smallest absolute Gasteiger partial charge is 0.224 e. The van der Waals surface area contributed by atoms with Crippen LogP contribution in [0, 0.1) is 0 Å². The number of hydrogen-bond acceptors (Lipinski definition) is 5. The fourth-order valence-corrected chi connectivity index (χ4v) is 4.07. The van der Waals surface area contributed by atoms with Gasteiger partial charge >= 0.3 is 0 Å². The first kappa shape index (κ1) is 25.9. The van der Waals surface area contributed by atoms with Crippen molar-refractivity contribution < 1.29 is 19.2 Å². The van der Waals surface area contributed by atoms with Gasteiger partial charge in [-0.05, 0) is 36.9 Å². The lowest BCUT2D eigenvalue weighted by Crippen LogP contribution is -2.44. The molecule has 176 valence electrons. The van der Waals surface area contributed by atoms with Crippen LogP contribution in [0.3, 0.4) is 0 Å². The van der Waals surface area contributed by atoms with Crippen molar-refractivity contribution in [2.24, 2.45) is 5.73 Å². The lowest BCUT2D eigenvalue weighted by molar-refractivity contribution is -0.134. The van der Waals surface area contributed by atoms with E-state index in [1.807, 2.05) is 24.3 Å². The van der Waals surface area contributed by atoms with Crippen molar-refractivity contribution in [3.8, 4) is 0 Å². The number of hydrogen-bond donors (Lipinski definition) is 2. The van der Waals surface area contributed by atoms with Gasteiger partial charge < -0.3 is 11.1 Å². The summed E-state index contributed by atoms with van der Waals surface area (Å²) in [5.74, 6) is -0.227. The molecule has 0 aliphatic heterocycles. The highest BCUT2D eigenvalue weighted by atomic mass is 16.2. The van der Waals surface area contributed by atoms with Gasteiger partial charge in [0.1, 0.15) is 11.6 Å². The summed E-state index contributed by atoms with van der Waals surface area (Å²) in [7, 11) is 0. The summed E-state index contributed by atoms with van der Waals surface area (Å²) in [6.45, 7) is 0.785. The Labute approximate surface area is 191 Å². The second-order valence-electron chi connectivity index (χ2n) is 8.92. The van der Waals surface area contributed by atoms with Crippen LogP contribution in [-0.4, -0.2) is 35.8 Å². The van der Waals surface area contributed by atoms with Gasteiger partial charge in [-0.3, -0.25) is 19.2 Å². The molecule has 0 spiro atoms. The Morgan fingerprint density at radius 3 is 2.00 bits per heavy atom. The highest BCUT2D eigenvalue weighted by molar-refractivity contribution is 6.05. The number of unbranched alkanes of at least 4 members (excludes halogenated alkanes) is 7. The number of carbonyl (C=O) groups is 4. The molecule has 1 aromatic rings. The number of rotatable bonds is 15. The van der Waals surface area contributed by atoms with Crippen molar-refractivity contribution in [2.45, 2.75) is 95.9 Å². The van der Waals surface area contributed by atoms with Crippen LogP contribution in [0.4, 0.5) is 0 Å². The van der Waals surface area contributed by atoms with Gasteiger partial charge in [-0.2, -0.15) is 0 Å². The molecule has 0 aromatic heterocycles. The number of amides is 1. The fourth-order valence-electron chi connectivity index (χ4n) is 4.07. The summed E-state index contributed by atoms with van der Waals surface area (Å²) in [4.78, 5) is 47.6. The molecule has 3 N–H and O–H groups in total. The average Bonchev–Trinajstić information content (AvgIpc) is 2.76. The second-order valence-corrected chi connectivity index (χ2v) is 8.92. The largest absolute Gasteiger partial charge is 0.346 e. The Hall–Kier alpha value is -2.34. The lowest BCUT2D eigenvalue weighted by atomic mass is 9.93. The predicted octanol–water partition coefficient (Wildman–Crippen LogP) is 3.62. The Kier molecular flexibility index (Phi) is 11.9. The van der Waals surface area contributed by atoms with Gasteiger partial charge in [-0.25, -0.2) is 0 Å². The van der Waals surface area contributed by atoms with Crippen molar-refractivity contribution >= 4 is 23.3 Å². The molecule has 0 bridgehead atoms. The molecule has 6 heteroatoms. The quantitative estimate of drug-likeness (QED) is 0.319. The van der Waals surface area contributed by atoms with Crippen LogP contribution >= 0.6 is 0 Å². The van der Waals surface area contributed by atoms with Gasteiger partial charge in [-0.15, -0.1) is 0 Å². The monoisotopic (exact) mass is 442 g/mol.